The Morgan fingerprint density at radius 2 is 1.06 bits per heavy atom. The standard InChI is InChI=1S/C14H26O2/c1-7-13(3,4)15-11-9-10-12-16-14(5,6)8-2/h7-8,11-12H2,1-6H3. The van der Waals surface area contributed by atoms with E-state index in [1.807, 2.05) is 0 Å². The highest BCUT2D eigenvalue weighted by Crippen LogP contribution is 2.13. The molecular formula is C14H26O2. The van der Waals surface area contributed by atoms with Gasteiger partial charge in [-0.15, -0.1) is 0 Å². The zero-order valence-electron chi connectivity index (χ0n) is 11.6. The van der Waals surface area contributed by atoms with E-state index in [4.69, 9.17) is 9.47 Å². The average Bonchev–Trinajstić information content (AvgIpc) is 2.23. The highest BCUT2D eigenvalue weighted by Gasteiger charge is 2.14. The SMILES string of the molecule is CCC(C)(C)OCC#CCOC(C)(C)CC. The second-order valence-corrected chi connectivity index (χ2v) is 5.16. The van der Waals surface area contributed by atoms with Gasteiger partial charge in [-0.05, 0) is 40.5 Å². The Morgan fingerprint density at radius 3 is 1.31 bits per heavy atom. The summed E-state index contributed by atoms with van der Waals surface area (Å²) < 4.78 is 11.2. The predicted octanol–water partition coefficient (Wildman–Crippen LogP) is 3.40. The number of hydrogen-bond acceptors (Lipinski definition) is 2. The minimum atomic E-state index is -0.0712. The van der Waals surface area contributed by atoms with Gasteiger partial charge in [0.15, 0.2) is 0 Å². The molecule has 0 saturated carbocycles. The summed E-state index contributed by atoms with van der Waals surface area (Å²) in [5.74, 6) is 5.95. The molecule has 2 heteroatoms. The summed E-state index contributed by atoms with van der Waals surface area (Å²) in [7, 11) is 0. The van der Waals surface area contributed by atoms with E-state index in [1.54, 1.807) is 0 Å². The van der Waals surface area contributed by atoms with Crippen LogP contribution in [0.15, 0.2) is 0 Å². The monoisotopic (exact) mass is 226 g/mol. The Kier molecular flexibility index (Phi) is 6.71. The van der Waals surface area contributed by atoms with Gasteiger partial charge in [0.05, 0.1) is 11.2 Å². The van der Waals surface area contributed by atoms with Crippen LogP contribution in [0, 0.1) is 11.8 Å². The van der Waals surface area contributed by atoms with Gasteiger partial charge in [-0.1, -0.05) is 25.7 Å². The second-order valence-electron chi connectivity index (χ2n) is 5.16. The van der Waals surface area contributed by atoms with Crippen LogP contribution in [0.3, 0.4) is 0 Å². The van der Waals surface area contributed by atoms with Crippen LogP contribution < -0.4 is 0 Å². The third-order valence-corrected chi connectivity index (χ3v) is 2.90. The van der Waals surface area contributed by atoms with Gasteiger partial charge in [0.25, 0.3) is 0 Å². The summed E-state index contributed by atoms with van der Waals surface area (Å²) in [5, 5.41) is 0. The molecule has 0 aliphatic carbocycles. The molecule has 94 valence electrons. The Balaban J connectivity index is 3.72. The molecule has 0 amide bonds. The zero-order chi connectivity index (χ0) is 12.7. The highest BCUT2D eigenvalue weighted by atomic mass is 16.5. The third kappa shape index (κ3) is 7.73. The quantitative estimate of drug-likeness (QED) is 0.646. The topological polar surface area (TPSA) is 18.5 Å². The molecule has 0 aromatic carbocycles. The van der Waals surface area contributed by atoms with Gasteiger partial charge >= 0.3 is 0 Å². The van der Waals surface area contributed by atoms with Crippen molar-refractivity contribution in [3.8, 4) is 11.8 Å². The largest absolute Gasteiger partial charge is 0.363 e. The maximum absolute atomic E-state index is 5.61. The summed E-state index contributed by atoms with van der Waals surface area (Å²) in [4.78, 5) is 0. The van der Waals surface area contributed by atoms with Crippen LogP contribution in [0.5, 0.6) is 0 Å². The van der Waals surface area contributed by atoms with Crippen molar-refractivity contribution in [2.24, 2.45) is 0 Å². The maximum Gasteiger partial charge on any atom is 0.108 e. The summed E-state index contributed by atoms with van der Waals surface area (Å²) in [6.07, 6.45) is 1.99. The Hall–Kier alpha value is -0.520. The van der Waals surface area contributed by atoms with Gasteiger partial charge < -0.3 is 9.47 Å². The van der Waals surface area contributed by atoms with Gasteiger partial charge in [-0.25, -0.2) is 0 Å². The van der Waals surface area contributed by atoms with Crippen molar-refractivity contribution in [2.45, 2.75) is 65.6 Å². The number of ether oxygens (including phenoxy) is 2. The number of rotatable bonds is 6. The first-order valence-corrected chi connectivity index (χ1v) is 6.06. The van der Waals surface area contributed by atoms with E-state index >= 15 is 0 Å². The predicted molar refractivity (Wildman–Crippen MR) is 68.4 cm³/mol. The van der Waals surface area contributed by atoms with Gasteiger partial charge in [0.2, 0.25) is 0 Å². The van der Waals surface area contributed by atoms with Crippen LogP contribution in [0.25, 0.3) is 0 Å². The first kappa shape index (κ1) is 15.5. The fourth-order valence-electron chi connectivity index (χ4n) is 0.769. The van der Waals surface area contributed by atoms with Gasteiger partial charge in [0.1, 0.15) is 13.2 Å². The fourth-order valence-corrected chi connectivity index (χ4v) is 0.769. The first-order valence-electron chi connectivity index (χ1n) is 6.06. The van der Waals surface area contributed by atoms with Crippen LogP contribution in [-0.4, -0.2) is 24.4 Å². The van der Waals surface area contributed by atoms with Crippen molar-refractivity contribution in [3.05, 3.63) is 0 Å². The molecule has 16 heavy (non-hydrogen) atoms. The van der Waals surface area contributed by atoms with Crippen LogP contribution in [0.2, 0.25) is 0 Å². The Morgan fingerprint density at radius 1 is 0.750 bits per heavy atom. The minimum Gasteiger partial charge on any atom is -0.363 e. The molecule has 0 aliphatic rings. The van der Waals surface area contributed by atoms with E-state index in [9.17, 15) is 0 Å². The molecule has 0 rings (SSSR count). The van der Waals surface area contributed by atoms with Gasteiger partial charge in [-0.2, -0.15) is 0 Å². The smallest absolute Gasteiger partial charge is 0.108 e. The van der Waals surface area contributed by atoms with Crippen molar-refractivity contribution in [1.29, 1.82) is 0 Å². The molecule has 0 aromatic heterocycles. The van der Waals surface area contributed by atoms with Crippen molar-refractivity contribution >= 4 is 0 Å². The summed E-state index contributed by atoms with van der Waals surface area (Å²) in [6.45, 7) is 13.5. The van der Waals surface area contributed by atoms with Crippen molar-refractivity contribution in [2.75, 3.05) is 13.2 Å². The van der Waals surface area contributed by atoms with Gasteiger partial charge in [-0.3, -0.25) is 0 Å². The molecule has 0 fully saturated rings. The van der Waals surface area contributed by atoms with E-state index < -0.39 is 0 Å². The molecule has 0 aromatic rings. The van der Waals surface area contributed by atoms with Crippen molar-refractivity contribution in [3.63, 3.8) is 0 Å². The highest BCUT2D eigenvalue weighted by molar-refractivity contribution is 5.00. The van der Waals surface area contributed by atoms with E-state index in [0.717, 1.165) is 12.8 Å². The van der Waals surface area contributed by atoms with E-state index in [2.05, 4.69) is 53.4 Å². The molecule has 2 nitrogen and oxygen atoms in total. The third-order valence-electron chi connectivity index (χ3n) is 2.90. The molecule has 0 N–H and O–H groups in total. The molecule has 0 bridgehead atoms. The average molecular weight is 226 g/mol. The summed E-state index contributed by atoms with van der Waals surface area (Å²) >= 11 is 0. The van der Waals surface area contributed by atoms with Crippen molar-refractivity contribution in [1.82, 2.24) is 0 Å². The zero-order valence-corrected chi connectivity index (χ0v) is 11.6. The molecule has 0 aliphatic heterocycles. The lowest BCUT2D eigenvalue weighted by molar-refractivity contribution is -0.00411. The van der Waals surface area contributed by atoms with Crippen LogP contribution >= 0.6 is 0 Å². The minimum absolute atomic E-state index is 0.0712. The Bertz CT molecular complexity index is 219. The van der Waals surface area contributed by atoms with E-state index in [0.29, 0.717) is 13.2 Å². The summed E-state index contributed by atoms with van der Waals surface area (Å²) in [6, 6.07) is 0. The molecule has 0 heterocycles. The number of hydrogen-bond donors (Lipinski definition) is 0. The fraction of sp³-hybridized carbons (Fsp3) is 0.857. The molecule has 0 spiro atoms. The molecule has 0 saturated heterocycles. The Labute approximate surface area is 101 Å². The lowest BCUT2D eigenvalue weighted by Crippen LogP contribution is -2.24. The van der Waals surface area contributed by atoms with Gasteiger partial charge in [0, 0.05) is 0 Å². The molecular weight excluding hydrogens is 200 g/mol. The lowest BCUT2D eigenvalue weighted by Gasteiger charge is -2.22. The normalized spacial score (nSPS) is 12.1. The molecule has 0 radical (unpaired) electrons. The first-order chi connectivity index (χ1) is 7.33. The second kappa shape index (κ2) is 6.93. The van der Waals surface area contributed by atoms with Crippen LogP contribution in [0.1, 0.15) is 54.4 Å². The van der Waals surface area contributed by atoms with E-state index in [1.165, 1.54) is 0 Å². The van der Waals surface area contributed by atoms with E-state index in [-0.39, 0.29) is 11.2 Å². The van der Waals surface area contributed by atoms with Crippen LogP contribution in [-0.2, 0) is 9.47 Å². The summed E-state index contributed by atoms with van der Waals surface area (Å²) in [5.41, 5.74) is -0.142. The molecule has 0 atom stereocenters. The lowest BCUT2D eigenvalue weighted by atomic mass is 10.1. The van der Waals surface area contributed by atoms with Crippen molar-refractivity contribution < 1.29 is 9.47 Å². The molecule has 0 unspecified atom stereocenters. The van der Waals surface area contributed by atoms with Crippen LogP contribution in [0.4, 0.5) is 0 Å². The maximum atomic E-state index is 5.61.